The second-order valence-corrected chi connectivity index (χ2v) is 5.19. The molecule has 2 rings (SSSR count). The predicted octanol–water partition coefficient (Wildman–Crippen LogP) is 2.90. The Hall–Kier alpha value is -0.760. The van der Waals surface area contributed by atoms with E-state index in [1.54, 1.807) is 6.26 Å². The van der Waals surface area contributed by atoms with Gasteiger partial charge in [0.05, 0.1) is 6.26 Å². The van der Waals surface area contributed by atoms with Crippen molar-refractivity contribution in [1.29, 1.82) is 0 Å². The third kappa shape index (κ3) is 1.85. The van der Waals surface area contributed by atoms with Gasteiger partial charge in [-0.3, -0.25) is 0 Å². The van der Waals surface area contributed by atoms with Crippen LogP contribution in [0.25, 0.3) is 0 Å². The van der Waals surface area contributed by atoms with Crippen LogP contribution in [0.4, 0.5) is 0 Å². The van der Waals surface area contributed by atoms with Crippen LogP contribution in [0, 0.1) is 5.41 Å². The Morgan fingerprint density at radius 2 is 2.29 bits per heavy atom. The molecule has 1 aromatic heterocycles. The van der Waals surface area contributed by atoms with Crippen LogP contribution < -0.4 is 5.73 Å². The maximum absolute atomic E-state index is 6.13. The molecule has 1 fully saturated rings. The van der Waals surface area contributed by atoms with Gasteiger partial charge in [0.15, 0.2) is 0 Å². The summed E-state index contributed by atoms with van der Waals surface area (Å²) in [5, 5.41) is 0. The van der Waals surface area contributed by atoms with Crippen LogP contribution in [0.15, 0.2) is 22.8 Å². The summed E-state index contributed by atoms with van der Waals surface area (Å²) in [5.74, 6) is 1.47. The fraction of sp³-hybridized carbons (Fsp3) is 0.667. The Labute approximate surface area is 85.5 Å². The molecule has 1 aromatic rings. The molecule has 1 aliphatic carbocycles. The molecule has 78 valence electrons. The van der Waals surface area contributed by atoms with Gasteiger partial charge in [-0.2, -0.15) is 0 Å². The molecule has 0 spiro atoms. The van der Waals surface area contributed by atoms with Crippen molar-refractivity contribution in [2.75, 3.05) is 0 Å². The lowest BCUT2D eigenvalue weighted by Gasteiger charge is -2.38. The van der Waals surface area contributed by atoms with Gasteiger partial charge in [-0.1, -0.05) is 13.8 Å². The van der Waals surface area contributed by atoms with E-state index in [1.807, 2.05) is 12.1 Å². The summed E-state index contributed by atoms with van der Waals surface area (Å²) in [5.41, 5.74) is 6.54. The molecule has 2 atom stereocenters. The summed E-state index contributed by atoms with van der Waals surface area (Å²) in [6.45, 7) is 4.63. The monoisotopic (exact) mass is 193 g/mol. The average molecular weight is 193 g/mol. The van der Waals surface area contributed by atoms with Crippen molar-refractivity contribution in [2.24, 2.45) is 11.1 Å². The van der Waals surface area contributed by atoms with Gasteiger partial charge in [0.25, 0.3) is 0 Å². The minimum atomic E-state index is 0.272. The predicted molar refractivity (Wildman–Crippen MR) is 57.1 cm³/mol. The highest BCUT2D eigenvalue weighted by molar-refractivity contribution is 5.11. The van der Waals surface area contributed by atoms with Gasteiger partial charge in [-0.25, -0.2) is 0 Å². The smallest absolute Gasteiger partial charge is 0.108 e. The van der Waals surface area contributed by atoms with E-state index in [-0.39, 0.29) is 6.04 Å². The molecule has 0 radical (unpaired) electrons. The largest absolute Gasteiger partial charge is 0.469 e. The van der Waals surface area contributed by atoms with E-state index < -0.39 is 0 Å². The lowest BCUT2D eigenvalue weighted by atomic mass is 9.69. The van der Waals surface area contributed by atoms with Gasteiger partial charge in [-0.05, 0) is 36.8 Å². The number of hydrogen-bond acceptors (Lipinski definition) is 2. The first-order chi connectivity index (χ1) is 6.58. The minimum Gasteiger partial charge on any atom is -0.469 e. The van der Waals surface area contributed by atoms with Crippen LogP contribution in [-0.2, 0) is 0 Å². The molecule has 0 aliphatic heterocycles. The van der Waals surface area contributed by atoms with E-state index in [4.69, 9.17) is 10.2 Å². The van der Waals surface area contributed by atoms with E-state index in [9.17, 15) is 0 Å². The molecule has 14 heavy (non-hydrogen) atoms. The van der Waals surface area contributed by atoms with Crippen LogP contribution >= 0.6 is 0 Å². The molecule has 1 saturated carbocycles. The highest BCUT2D eigenvalue weighted by Crippen LogP contribution is 2.42. The van der Waals surface area contributed by atoms with Crippen molar-refractivity contribution in [2.45, 2.75) is 45.1 Å². The van der Waals surface area contributed by atoms with Crippen molar-refractivity contribution in [3.05, 3.63) is 24.2 Å². The van der Waals surface area contributed by atoms with Crippen molar-refractivity contribution >= 4 is 0 Å². The summed E-state index contributed by atoms with van der Waals surface area (Å²) in [4.78, 5) is 0. The summed E-state index contributed by atoms with van der Waals surface area (Å²) in [6.07, 6.45) is 5.22. The van der Waals surface area contributed by atoms with Crippen LogP contribution in [0.5, 0.6) is 0 Å². The lowest BCUT2D eigenvalue weighted by molar-refractivity contribution is 0.184. The average Bonchev–Trinajstić information content (AvgIpc) is 2.62. The summed E-state index contributed by atoms with van der Waals surface area (Å²) < 4.78 is 5.46. The van der Waals surface area contributed by atoms with E-state index in [2.05, 4.69) is 13.8 Å². The SMILES string of the molecule is CC1(C)CCC(N)C(c2ccco2)C1. The van der Waals surface area contributed by atoms with Crippen LogP contribution in [-0.4, -0.2) is 6.04 Å². The molecular weight excluding hydrogens is 174 g/mol. The van der Waals surface area contributed by atoms with E-state index in [1.165, 1.54) is 6.42 Å². The number of hydrogen-bond donors (Lipinski definition) is 1. The third-order valence-corrected chi connectivity index (χ3v) is 3.35. The molecule has 0 amide bonds. The zero-order valence-corrected chi connectivity index (χ0v) is 8.99. The van der Waals surface area contributed by atoms with E-state index in [0.29, 0.717) is 11.3 Å². The fourth-order valence-electron chi connectivity index (χ4n) is 2.42. The quantitative estimate of drug-likeness (QED) is 0.744. The molecule has 1 heterocycles. The lowest BCUT2D eigenvalue weighted by Crippen LogP contribution is -2.37. The molecule has 2 heteroatoms. The Kier molecular flexibility index (Phi) is 2.40. The Morgan fingerprint density at radius 3 is 2.93 bits per heavy atom. The van der Waals surface area contributed by atoms with Crippen LogP contribution in [0.1, 0.15) is 44.8 Å². The molecular formula is C12H19NO. The third-order valence-electron chi connectivity index (χ3n) is 3.35. The number of nitrogens with two attached hydrogens (primary N) is 1. The van der Waals surface area contributed by atoms with Crippen molar-refractivity contribution < 1.29 is 4.42 Å². The molecule has 0 bridgehead atoms. The first-order valence-corrected chi connectivity index (χ1v) is 5.37. The zero-order valence-electron chi connectivity index (χ0n) is 8.99. The van der Waals surface area contributed by atoms with Gasteiger partial charge in [0.2, 0.25) is 0 Å². The second-order valence-electron chi connectivity index (χ2n) is 5.19. The standard InChI is InChI=1S/C12H19NO/c1-12(2)6-5-10(13)9(8-12)11-4-3-7-14-11/h3-4,7,9-10H,5-6,8,13H2,1-2H3. The Balaban J connectivity index is 2.17. The summed E-state index contributed by atoms with van der Waals surface area (Å²) in [7, 11) is 0. The Morgan fingerprint density at radius 1 is 1.50 bits per heavy atom. The number of rotatable bonds is 1. The van der Waals surface area contributed by atoms with Gasteiger partial charge in [0, 0.05) is 12.0 Å². The zero-order chi connectivity index (χ0) is 10.2. The summed E-state index contributed by atoms with van der Waals surface area (Å²) in [6, 6.07) is 4.27. The van der Waals surface area contributed by atoms with Crippen LogP contribution in [0.3, 0.4) is 0 Å². The van der Waals surface area contributed by atoms with Crippen molar-refractivity contribution in [3.63, 3.8) is 0 Å². The highest BCUT2D eigenvalue weighted by Gasteiger charge is 2.35. The molecule has 0 aromatic carbocycles. The van der Waals surface area contributed by atoms with Crippen LogP contribution in [0.2, 0.25) is 0 Å². The molecule has 0 saturated heterocycles. The fourth-order valence-corrected chi connectivity index (χ4v) is 2.42. The van der Waals surface area contributed by atoms with E-state index in [0.717, 1.165) is 18.6 Å². The normalized spacial score (nSPS) is 31.6. The maximum atomic E-state index is 6.13. The van der Waals surface area contributed by atoms with Crippen molar-refractivity contribution in [3.8, 4) is 0 Å². The molecule has 2 unspecified atom stereocenters. The van der Waals surface area contributed by atoms with Gasteiger partial charge in [-0.15, -0.1) is 0 Å². The van der Waals surface area contributed by atoms with Gasteiger partial charge in [0.1, 0.15) is 5.76 Å². The van der Waals surface area contributed by atoms with Gasteiger partial charge >= 0.3 is 0 Å². The second kappa shape index (κ2) is 3.43. The topological polar surface area (TPSA) is 39.2 Å². The molecule has 2 N–H and O–H groups in total. The minimum absolute atomic E-state index is 0.272. The number of furan rings is 1. The Bertz CT molecular complexity index is 289. The van der Waals surface area contributed by atoms with Gasteiger partial charge < -0.3 is 10.2 Å². The van der Waals surface area contributed by atoms with Crippen molar-refractivity contribution in [1.82, 2.24) is 0 Å². The maximum Gasteiger partial charge on any atom is 0.108 e. The van der Waals surface area contributed by atoms with E-state index >= 15 is 0 Å². The highest BCUT2D eigenvalue weighted by atomic mass is 16.3. The summed E-state index contributed by atoms with van der Waals surface area (Å²) >= 11 is 0. The molecule has 2 nitrogen and oxygen atoms in total. The molecule has 1 aliphatic rings. The first-order valence-electron chi connectivity index (χ1n) is 5.37. The first kappa shape index (κ1) is 9.78.